The van der Waals surface area contributed by atoms with Gasteiger partial charge in [-0.05, 0) is 24.0 Å². The number of thioether (sulfide) groups is 1. The van der Waals surface area contributed by atoms with Crippen LogP contribution in [0.15, 0.2) is 100 Å². The molecule has 0 aliphatic heterocycles. The van der Waals surface area contributed by atoms with E-state index in [0.717, 1.165) is 22.4 Å². The summed E-state index contributed by atoms with van der Waals surface area (Å²) < 4.78 is 0. The molecule has 0 saturated carbocycles. The van der Waals surface area contributed by atoms with Crippen LogP contribution >= 0.6 is 11.8 Å². The molecule has 0 fully saturated rings. The lowest BCUT2D eigenvalue weighted by molar-refractivity contribution is 1.24. The highest BCUT2D eigenvalue weighted by atomic mass is 32.2. The Morgan fingerprint density at radius 1 is 0.750 bits per heavy atom. The Labute approximate surface area is 147 Å². The van der Waals surface area contributed by atoms with E-state index in [2.05, 4.69) is 65.0 Å². The van der Waals surface area contributed by atoms with Crippen molar-refractivity contribution in [1.82, 2.24) is 0 Å². The Morgan fingerprint density at radius 3 is 1.79 bits per heavy atom. The zero-order chi connectivity index (χ0) is 16.6. The predicted octanol–water partition coefficient (Wildman–Crippen LogP) is 5.28. The third kappa shape index (κ3) is 4.21. The van der Waals surface area contributed by atoms with Gasteiger partial charge >= 0.3 is 0 Å². The summed E-state index contributed by atoms with van der Waals surface area (Å²) in [5.74, 6) is 0. The Kier molecular flexibility index (Phi) is 5.59. The molecule has 0 atom stereocenters. The van der Waals surface area contributed by atoms with Crippen LogP contribution in [0.4, 0.5) is 0 Å². The highest BCUT2D eigenvalue weighted by molar-refractivity contribution is 7.98. The van der Waals surface area contributed by atoms with Crippen LogP contribution in [0.25, 0.3) is 0 Å². The molecular weight excluding hydrogens is 312 g/mol. The lowest BCUT2D eigenvalue weighted by Gasteiger charge is -2.05. The molecule has 3 rings (SSSR count). The van der Waals surface area contributed by atoms with Crippen molar-refractivity contribution in [3.63, 3.8) is 0 Å². The molecule has 0 aromatic heterocycles. The van der Waals surface area contributed by atoms with Crippen molar-refractivity contribution < 1.29 is 0 Å². The smallest absolute Gasteiger partial charge is 0.100 e. The first kappa shape index (κ1) is 16.2. The van der Waals surface area contributed by atoms with Crippen LogP contribution in [0.1, 0.15) is 16.7 Å². The standard InChI is InChI=1S/C21H18N2S/c1-24-20-14-12-17(13-15-20)16-22-23-21(18-8-4-2-5-9-18)19-10-6-3-7-11-19/h2-16H,1H3. The van der Waals surface area contributed by atoms with E-state index in [1.54, 1.807) is 18.0 Å². The van der Waals surface area contributed by atoms with Gasteiger partial charge in [0.2, 0.25) is 0 Å². The van der Waals surface area contributed by atoms with Crippen LogP contribution < -0.4 is 0 Å². The van der Waals surface area contributed by atoms with E-state index in [0.29, 0.717) is 0 Å². The van der Waals surface area contributed by atoms with Crippen LogP contribution in [0.2, 0.25) is 0 Å². The normalized spacial score (nSPS) is 10.7. The second kappa shape index (κ2) is 8.27. The minimum atomic E-state index is 0.869. The molecule has 3 aromatic rings. The summed E-state index contributed by atoms with van der Waals surface area (Å²) in [6.07, 6.45) is 3.86. The van der Waals surface area contributed by atoms with E-state index < -0.39 is 0 Å². The largest absolute Gasteiger partial charge is 0.158 e. The fourth-order valence-corrected chi connectivity index (χ4v) is 2.73. The summed E-state index contributed by atoms with van der Waals surface area (Å²) in [4.78, 5) is 1.24. The first-order valence-electron chi connectivity index (χ1n) is 7.73. The quantitative estimate of drug-likeness (QED) is 0.355. The van der Waals surface area contributed by atoms with Gasteiger partial charge in [0.05, 0.1) is 6.21 Å². The molecule has 0 heterocycles. The molecule has 0 saturated heterocycles. The molecule has 0 unspecified atom stereocenters. The molecule has 0 aliphatic rings. The summed E-state index contributed by atoms with van der Waals surface area (Å²) in [5, 5.41) is 8.79. The third-order valence-corrected chi connectivity index (χ3v) is 4.32. The molecule has 3 heteroatoms. The molecule has 0 radical (unpaired) electrons. The van der Waals surface area contributed by atoms with Crippen LogP contribution in [-0.4, -0.2) is 18.2 Å². The maximum Gasteiger partial charge on any atom is 0.100 e. The van der Waals surface area contributed by atoms with E-state index >= 15 is 0 Å². The second-order valence-electron chi connectivity index (χ2n) is 5.20. The first-order valence-corrected chi connectivity index (χ1v) is 8.95. The van der Waals surface area contributed by atoms with Gasteiger partial charge < -0.3 is 0 Å². The van der Waals surface area contributed by atoms with Gasteiger partial charge in [0, 0.05) is 16.0 Å². The van der Waals surface area contributed by atoms with Crippen LogP contribution in [0.5, 0.6) is 0 Å². The molecule has 0 spiro atoms. The third-order valence-electron chi connectivity index (χ3n) is 3.57. The molecule has 0 amide bonds. The first-order chi connectivity index (χ1) is 11.9. The molecule has 0 aliphatic carbocycles. The van der Waals surface area contributed by atoms with Crippen molar-refractivity contribution in [2.45, 2.75) is 4.90 Å². The highest BCUT2D eigenvalue weighted by Crippen LogP contribution is 2.14. The minimum absolute atomic E-state index is 0.869. The number of nitrogens with zero attached hydrogens (tertiary/aromatic N) is 2. The number of hydrogen-bond donors (Lipinski definition) is 0. The van der Waals surface area contributed by atoms with Crippen LogP contribution in [-0.2, 0) is 0 Å². The highest BCUT2D eigenvalue weighted by Gasteiger charge is 2.05. The Balaban J connectivity index is 1.90. The Bertz CT molecular complexity index is 781. The van der Waals surface area contributed by atoms with Gasteiger partial charge in [0.1, 0.15) is 5.71 Å². The molecule has 118 valence electrons. The van der Waals surface area contributed by atoms with Gasteiger partial charge in [-0.1, -0.05) is 72.8 Å². The van der Waals surface area contributed by atoms with Gasteiger partial charge in [-0.3, -0.25) is 0 Å². The van der Waals surface area contributed by atoms with Crippen molar-refractivity contribution >= 4 is 23.7 Å². The fourth-order valence-electron chi connectivity index (χ4n) is 2.32. The average Bonchev–Trinajstić information content (AvgIpc) is 2.67. The van der Waals surface area contributed by atoms with Crippen molar-refractivity contribution in [2.75, 3.05) is 6.26 Å². The Hall–Kier alpha value is -2.65. The predicted molar refractivity (Wildman–Crippen MR) is 104 cm³/mol. The van der Waals surface area contributed by atoms with Crippen molar-refractivity contribution in [2.24, 2.45) is 10.2 Å². The minimum Gasteiger partial charge on any atom is -0.158 e. The van der Waals surface area contributed by atoms with Gasteiger partial charge in [-0.25, -0.2) is 0 Å². The molecule has 24 heavy (non-hydrogen) atoms. The van der Waals surface area contributed by atoms with Crippen molar-refractivity contribution in [3.05, 3.63) is 102 Å². The summed E-state index contributed by atoms with van der Waals surface area (Å²) >= 11 is 1.73. The van der Waals surface area contributed by atoms with Crippen LogP contribution in [0, 0.1) is 0 Å². The van der Waals surface area contributed by atoms with Gasteiger partial charge in [0.15, 0.2) is 0 Å². The van der Waals surface area contributed by atoms with E-state index in [-0.39, 0.29) is 0 Å². The fraction of sp³-hybridized carbons (Fsp3) is 0.0476. The monoisotopic (exact) mass is 330 g/mol. The van der Waals surface area contributed by atoms with Crippen molar-refractivity contribution in [1.29, 1.82) is 0 Å². The summed E-state index contributed by atoms with van der Waals surface area (Å²) in [7, 11) is 0. The van der Waals surface area contributed by atoms with E-state index in [9.17, 15) is 0 Å². The summed E-state index contributed by atoms with van der Waals surface area (Å²) in [5.41, 5.74) is 4.02. The van der Waals surface area contributed by atoms with Gasteiger partial charge in [-0.15, -0.1) is 16.9 Å². The number of rotatable bonds is 5. The van der Waals surface area contributed by atoms with Crippen molar-refractivity contribution in [3.8, 4) is 0 Å². The maximum atomic E-state index is 4.48. The average molecular weight is 330 g/mol. The zero-order valence-corrected chi connectivity index (χ0v) is 14.3. The van der Waals surface area contributed by atoms with E-state index in [1.165, 1.54) is 4.90 Å². The van der Waals surface area contributed by atoms with E-state index in [1.807, 2.05) is 36.4 Å². The maximum absolute atomic E-state index is 4.48. The number of benzene rings is 3. The molecular formula is C21H18N2S. The molecule has 0 bridgehead atoms. The topological polar surface area (TPSA) is 24.7 Å². The lowest BCUT2D eigenvalue weighted by atomic mass is 10.0. The lowest BCUT2D eigenvalue weighted by Crippen LogP contribution is -2.02. The number of hydrogen-bond acceptors (Lipinski definition) is 3. The summed E-state index contributed by atoms with van der Waals surface area (Å²) in [6, 6.07) is 28.5. The SMILES string of the molecule is CSc1ccc(C=NN=C(c2ccccc2)c2ccccc2)cc1. The van der Waals surface area contributed by atoms with Gasteiger partial charge in [0.25, 0.3) is 0 Å². The Morgan fingerprint density at radius 2 is 1.29 bits per heavy atom. The van der Waals surface area contributed by atoms with Gasteiger partial charge in [-0.2, -0.15) is 5.10 Å². The molecule has 3 aromatic carbocycles. The van der Waals surface area contributed by atoms with Crippen LogP contribution in [0.3, 0.4) is 0 Å². The second-order valence-corrected chi connectivity index (χ2v) is 6.08. The summed E-state index contributed by atoms with van der Waals surface area (Å²) in [6.45, 7) is 0. The molecule has 2 nitrogen and oxygen atoms in total. The molecule has 0 N–H and O–H groups in total. The zero-order valence-electron chi connectivity index (χ0n) is 13.5. The van der Waals surface area contributed by atoms with E-state index in [4.69, 9.17) is 0 Å².